The Kier molecular flexibility index (Phi) is 7.35. The van der Waals surface area contributed by atoms with Crippen LogP contribution in [0.1, 0.15) is 42.4 Å². The van der Waals surface area contributed by atoms with Crippen LogP contribution in [0.15, 0.2) is 67.8 Å². The second-order valence-electron chi connectivity index (χ2n) is 8.28. The topological polar surface area (TPSA) is 126 Å². The normalized spacial score (nSPS) is 11.4. The fraction of sp³-hybridized carbons (Fsp3) is 0.269. The van der Waals surface area contributed by atoms with Gasteiger partial charge in [-0.15, -0.1) is 5.16 Å². The quantitative estimate of drug-likeness (QED) is 0.215. The molecule has 0 unspecified atom stereocenters. The highest BCUT2D eigenvalue weighted by molar-refractivity contribution is 5.80. The molecule has 0 aliphatic carbocycles. The number of nitrogens with zero attached hydrogens (tertiary/aromatic N) is 4. The first-order chi connectivity index (χ1) is 17.0. The molecule has 0 spiro atoms. The molecule has 4 rings (SSSR count). The van der Waals surface area contributed by atoms with Gasteiger partial charge in [0.1, 0.15) is 5.82 Å². The van der Waals surface area contributed by atoms with E-state index in [0.717, 1.165) is 40.9 Å². The van der Waals surface area contributed by atoms with Gasteiger partial charge in [0.15, 0.2) is 5.82 Å². The van der Waals surface area contributed by atoms with Crippen molar-refractivity contribution in [3.8, 4) is 22.5 Å². The average molecular weight is 474 g/mol. The largest absolute Gasteiger partial charge is 0.439 e. The maximum absolute atomic E-state index is 13.3. The summed E-state index contributed by atoms with van der Waals surface area (Å²) in [6.45, 7) is 4.30. The van der Waals surface area contributed by atoms with Crippen LogP contribution in [0, 0.1) is 6.92 Å². The summed E-state index contributed by atoms with van der Waals surface area (Å²) in [6.07, 6.45) is 4.17. The van der Waals surface area contributed by atoms with Gasteiger partial charge in [0.25, 0.3) is 5.56 Å². The smallest absolute Gasteiger partial charge is 0.411 e. The SMILES string of the molecule is CCCCc1nc(C)c(C/C=N/O)c(=O)n1Cc1ccc(-c2ccccc2-c2noc(=O)[nH]2)cc1. The van der Waals surface area contributed by atoms with E-state index in [9.17, 15) is 9.59 Å². The van der Waals surface area contributed by atoms with E-state index in [-0.39, 0.29) is 12.0 Å². The Labute approximate surface area is 201 Å². The molecule has 2 aromatic carbocycles. The molecule has 0 aliphatic heterocycles. The Morgan fingerprint density at radius 2 is 1.86 bits per heavy atom. The molecule has 0 bridgehead atoms. The van der Waals surface area contributed by atoms with Crippen molar-refractivity contribution >= 4 is 6.21 Å². The number of aromatic nitrogens is 4. The van der Waals surface area contributed by atoms with E-state index >= 15 is 0 Å². The molecule has 35 heavy (non-hydrogen) atoms. The summed E-state index contributed by atoms with van der Waals surface area (Å²) in [5.41, 5.74) is 4.61. The summed E-state index contributed by atoms with van der Waals surface area (Å²) in [5.74, 6) is 0.515. The fourth-order valence-electron chi connectivity index (χ4n) is 4.07. The number of nitrogens with one attached hydrogen (secondary N) is 1. The van der Waals surface area contributed by atoms with E-state index in [4.69, 9.17) is 10.2 Å². The summed E-state index contributed by atoms with van der Waals surface area (Å²) >= 11 is 0. The van der Waals surface area contributed by atoms with Gasteiger partial charge in [-0.25, -0.2) is 9.78 Å². The number of aromatic amines is 1. The van der Waals surface area contributed by atoms with E-state index in [1.54, 1.807) is 4.57 Å². The van der Waals surface area contributed by atoms with Crippen LogP contribution < -0.4 is 11.3 Å². The molecule has 0 aliphatic rings. The standard InChI is InChI=1S/C26H27N5O4/c1-3-4-9-23-28-17(2)20(14-15-27-34)25(32)31(23)16-18-10-12-19(13-11-18)21-7-5-6-8-22(21)24-29-26(33)35-30-24/h5-8,10-13,15,34H,3-4,9,14,16H2,1-2H3,(H,29,30,33)/b27-15+. The lowest BCUT2D eigenvalue weighted by Gasteiger charge is -2.16. The van der Waals surface area contributed by atoms with Gasteiger partial charge in [0.05, 0.1) is 6.54 Å². The third kappa shape index (κ3) is 5.29. The number of aryl methyl sites for hydroxylation is 2. The molecule has 2 aromatic heterocycles. The minimum Gasteiger partial charge on any atom is -0.411 e. The van der Waals surface area contributed by atoms with Crippen molar-refractivity contribution in [3.05, 3.63) is 92.1 Å². The van der Waals surface area contributed by atoms with E-state index < -0.39 is 5.76 Å². The van der Waals surface area contributed by atoms with Gasteiger partial charge >= 0.3 is 5.76 Å². The molecule has 0 fully saturated rings. The molecule has 0 amide bonds. The summed E-state index contributed by atoms with van der Waals surface area (Å²) in [7, 11) is 0. The summed E-state index contributed by atoms with van der Waals surface area (Å²) in [4.78, 5) is 32.0. The minimum atomic E-state index is -0.606. The van der Waals surface area contributed by atoms with Crippen LogP contribution in [0.5, 0.6) is 0 Å². The van der Waals surface area contributed by atoms with E-state index in [0.29, 0.717) is 30.0 Å². The second kappa shape index (κ2) is 10.8. The van der Waals surface area contributed by atoms with Crippen LogP contribution in [0.2, 0.25) is 0 Å². The Bertz CT molecular complexity index is 1450. The van der Waals surface area contributed by atoms with Crippen molar-refractivity contribution in [2.45, 2.75) is 46.1 Å². The van der Waals surface area contributed by atoms with Crippen molar-refractivity contribution in [1.29, 1.82) is 0 Å². The lowest BCUT2D eigenvalue weighted by atomic mass is 9.98. The Morgan fingerprint density at radius 1 is 1.11 bits per heavy atom. The zero-order valence-corrected chi connectivity index (χ0v) is 19.7. The first-order valence-corrected chi connectivity index (χ1v) is 11.5. The fourth-order valence-corrected chi connectivity index (χ4v) is 4.07. The average Bonchev–Trinajstić information content (AvgIpc) is 3.31. The van der Waals surface area contributed by atoms with Gasteiger partial charge in [-0.05, 0) is 30.0 Å². The Balaban J connectivity index is 1.68. The first kappa shape index (κ1) is 23.9. The predicted octanol–water partition coefficient (Wildman–Crippen LogP) is 3.96. The molecule has 9 nitrogen and oxygen atoms in total. The first-order valence-electron chi connectivity index (χ1n) is 11.5. The highest BCUT2D eigenvalue weighted by Gasteiger charge is 2.15. The van der Waals surface area contributed by atoms with E-state index in [2.05, 4.69) is 26.7 Å². The number of rotatable bonds is 9. The van der Waals surface area contributed by atoms with Gasteiger partial charge in [-0.1, -0.05) is 67.0 Å². The van der Waals surface area contributed by atoms with Crippen molar-refractivity contribution in [2.24, 2.45) is 5.16 Å². The third-order valence-electron chi connectivity index (χ3n) is 5.91. The number of hydrogen-bond acceptors (Lipinski definition) is 7. The molecular formula is C26H27N5O4. The lowest BCUT2D eigenvalue weighted by molar-refractivity contribution is 0.320. The molecular weight excluding hydrogens is 446 g/mol. The molecule has 9 heteroatoms. The molecule has 0 radical (unpaired) electrons. The number of benzene rings is 2. The van der Waals surface area contributed by atoms with E-state index in [1.807, 2.05) is 55.5 Å². The van der Waals surface area contributed by atoms with Gasteiger partial charge < -0.3 is 5.21 Å². The van der Waals surface area contributed by atoms with Gasteiger partial charge in [0, 0.05) is 35.9 Å². The second-order valence-corrected chi connectivity index (χ2v) is 8.28. The number of hydrogen-bond donors (Lipinski definition) is 2. The molecule has 2 N–H and O–H groups in total. The lowest BCUT2D eigenvalue weighted by Crippen LogP contribution is -2.30. The Morgan fingerprint density at radius 3 is 2.51 bits per heavy atom. The summed E-state index contributed by atoms with van der Waals surface area (Å²) in [6, 6.07) is 15.5. The Hall–Kier alpha value is -4.27. The molecule has 2 heterocycles. The van der Waals surface area contributed by atoms with Crippen LogP contribution in [0.25, 0.3) is 22.5 Å². The molecule has 0 atom stereocenters. The number of H-pyrrole nitrogens is 1. The molecule has 0 saturated carbocycles. The van der Waals surface area contributed by atoms with Crippen molar-refractivity contribution in [1.82, 2.24) is 19.7 Å². The minimum absolute atomic E-state index is 0.118. The number of oxime groups is 1. The monoisotopic (exact) mass is 473 g/mol. The molecule has 4 aromatic rings. The maximum atomic E-state index is 13.3. The molecule has 180 valence electrons. The van der Waals surface area contributed by atoms with Crippen LogP contribution in [0.3, 0.4) is 0 Å². The van der Waals surface area contributed by atoms with Crippen molar-refractivity contribution < 1.29 is 9.73 Å². The number of unbranched alkanes of at least 4 members (excludes halogenated alkanes) is 1. The van der Waals surface area contributed by atoms with Crippen molar-refractivity contribution in [3.63, 3.8) is 0 Å². The third-order valence-corrected chi connectivity index (χ3v) is 5.91. The summed E-state index contributed by atoms with van der Waals surface area (Å²) in [5, 5.41) is 15.7. The van der Waals surface area contributed by atoms with Gasteiger partial charge in [-0.2, -0.15) is 0 Å². The highest BCUT2D eigenvalue weighted by Crippen LogP contribution is 2.29. The van der Waals surface area contributed by atoms with Gasteiger partial charge in [0.2, 0.25) is 0 Å². The van der Waals surface area contributed by atoms with Crippen LogP contribution in [0.4, 0.5) is 0 Å². The maximum Gasteiger partial charge on any atom is 0.439 e. The van der Waals surface area contributed by atoms with Crippen LogP contribution >= 0.6 is 0 Å². The summed E-state index contributed by atoms with van der Waals surface area (Å²) < 4.78 is 6.38. The van der Waals surface area contributed by atoms with Crippen LogP contribution in [-0.2, 0) is 19.4 Å². The zero-order chi connectivity index (χ0) is 24.8. The highest BCUT2D eigenvalue weighted by atomic mass is 16.5. The van der Waals surface area contributed by atoms with Gasteiger partial charge in [-0.3, -0.25) is 18.9 Å². The molecule has 0 saturated heterocycles. The van der Waals surface area contributed by atoms with Crippen LogP contribution in [-0.4, -0.2) is 31.1 Å². The zero-order valence-electron chi connectivity index (χ0n) is 19.7. The van der Waals surface area contributed by atoms with E-state index in [1.165, 1.54) is 6.21 Å². The van der Waals surface area contributed by atoms with Crippen molar-refractivity contribution in [2.75, 3.05) is 0 Å². The predicted molar refractivity (Wildman–Crippen MR) is 133 cm³/mol.